The van der Waals surface area contributed by atoms with Gasteiger partial charge in [0.15, 0.2) is 11.6 Å². The molecule has 2 aromatic rings. The van der Waals surface area contributed by atoms with Crippen molar-refractivity contribution >= 4 is 23.5 Å². The summed E-state index contributed by atoms with van der Waals surface area (Å²) in [5.41, 5.74) is 3.53. The van der Waals surface area contributed by atoms with E-state index in [1.54, 1.807) is 30.2 Å². The average molecular weight is 468 g/mol. The van der Waals surface area contributed by atoms with Gasteiger partial charge in [-0.25, -0.2) is 4.98 Å². The Labute approximate surface area is 204 Å². The van der Waals surface area contributed by atoms with Gasteiger partial charge in [-0.05, 0) is 58.1 Å². The number of aromatic nitrogens is 3. The van der Waals surface area contributed by atoms with E-state index in [0.29, 0.717) is 12.1 Å². The number of hydrogen-bond acceptors (Lipinski definition) is 5. The first kappa shape index (κ1) is 29.1. The highest BCUT2D eigenvalue weighted by molar-refractivity contribution is 5.97. The summed E-state index contributed by atoms with van der Waals surface area (Å²) < 4.78 is 1.73. The zero-order chi connectivity index (χ0) is 25.5. The predicted octanol–water partition coefficient (Wildman–Crippen LogP) is 6.75. The number of nitrogens with zero attached hydrogens (tertiary/aromatic N) is 3. The first-order valence-corrected chi connectivity index (χ1v) is 12.4. The largest absolute Gasteiger partial charge is 0.303 e. The number of carbonyl (C=O) groups excluding carboxylic acids is 3. The molecule has 0 unspecified atom stereocenters. The molecule has 0 amide bonds. The van der Waals surface area contributed by atoms with Crippen LogP contribution in [0, 0.1) is 5.92 Å². The first-order chi connectivity index (χ1) is 16.2. The summed E-state index contributed by atoms with van der Waals surface area (Å²) in [6.45, 7) is 11.4. The highest BCUT2D eigenvalue weighted by atomic mass is 16.1. The van der Waals surface area contributed by atoms with Crippen LogP contribution in [0.1, 0.15) is 113 Å². The van der Waals surface area contributed by atoms with E-state index < -0.39 is 0 Å². The molecule has 0 saturated carbocycles. The van der Waals surface area contributed by atoms with Crippen molar-refractivity contribution in [1.29, 1.82) is 0 Å². The van der Waals surface area contributed by atoms with Crippen molar-refractivity contribution in [2.45, 2.75) is 92.9 Å². The van der Waals surface area contributed by atoms with Gasteiger partial charge in [-0.15, -0.1) is 0 Å². The van der Waals surface area contributed by atoms with Crippen LogP contribution in [0.15, 0.2) is 36.4 Å². The molecule has 0 fully saturated rings. The van der Waals surface area contributed by atoms with Crippen LogP contribution in [0.3, 0.4) is 0 Å². The summed E-state index contributed by atoms with van der Waals surface area (Å²) in [7, 11) is 0. The maximum absolute atomic E-state index is 12.3. The third-order valence-electron chi connectivity index (χ3n) is 5.60. The minimum Gasteiger partial charge on any atom is -0.303 e. The summed E-state index contributed by atoms with van der Waals surface area (Å²) in [6, 6.07) is 3.88. The van der Waals surface area contributed by atoms with E-state index >= 15 is 0 Å². The molecular weight excluding hydrogens is 426 g/mol. The summed E-state index contributed by atoms with van der Waals surface area (Å²) >= 11 is 0. The molecule has 186 valence electrons. The van der Waals surface area contributed by atoms with Crippen LogP contribution in [0.5, 0.6) is 0 Å². The Hall–Kier alpha value is -2.89. The molecule has 0 radical (unpaired) electrons. The predicted molar refractivity (Wildman–Crippen MR) is 138 cm³/mol. The van der Waals surface area contributed by atoms with Gasteiger partial charge in [-0.1, -0.05) is 39.2 Å². The Morgan fingerprint density at radius 3 is 2.15 bits per heavy atom. The summed E-state index contributed by atoms with van der Waals surface area (Å²) in [6.07, 6.45) is 14.1. The van der Waals surface area contributed by atoms with Gasteiger partial charge in [0, 0.05) is 42.9 Å². The van der Waals surface area contributed by atoms with Gasteiger partial charge >= 0.3 is 0 Å². The molecule has 0 aliphatic heterocycles. The van der Waals surface area contributed by atoms with Crippen molar-refractivity contribution in [1.82, 2.24) is 14.5 Å². The van der Waals surface area contributed by atoms with Gasteiger partial charge in [0.05, 0.1) is 12.5 Å². The van der Waals surface area contributed by atoms with E-state index in [4.69, 9.17) is 0 Å². The van der Waals surface area contributed by atoms with E-state index in [1.807, 2.05) is 25.3 Å². The number of ketones is 3. The second kappa shape index (κ2) is 15.9. The minimum atomic E-state index is -0.00436. The van der Waals surface area contributed by atoms with E-state index in [2.05, 4.69) is 30.7 Å². The molecule has 2 heterocycles. The number of Topliss-reactive ketones (excluding diaryl/α,β-unsaturated/α-hetero) is 3. The second-order valence-corrected chi connectivity index (χ2v) is 8.80. The number of carbonyl (C=O) groups is 3. The minimum absolute atomic E-state index is 0.00436. The lowest BCUT2D eigenvalue weighted by molar-refractivity contribution is -0.117. The maximum atomic E-state index is 12.3. The van der Waals surface area contributed by atoms with E-state index in [9.17, 15) is 14.4 Å². The Balaban J connectivity index is 0.000000340. The number of aryl methyl sites for hydroxylation is 1. The summed E-state index contributed by atoms with van der Waals surface area (Å²) in [4.78, 5) is 42.6. The van der Waals surface area contributed by atoms with Crippen LogP contribution >= 0.6 is 0 Å². The quantitative estimate of drug-likeness (QED) is 0.304. The van der Waals surface area contributed by atoms with Gasteiger partial charge in [0.25, 0.3) is 0 Å². The second-order valence-electron chi connectivity index (χ2n) is 8.80. The molecule has 0 aliphatic rings. The average Bonchev–Trinajstić information content (AvgIpc) is 3.27. The van der Waals surface area contributed by atoms with Crippen LogP contribution in [-0.4, -0.2) is 31.9 Å². The van der Waals surface area contributed by atoms with Gasteiger partial charge in [-0.3, -0.25) is 14.6 Å². The van der Waals surface area contributed by atoms with Crippen LogP contribution in [0.25, 0.3) is 6.20 Å². The van der Waals surface area contributed by atoms with Crippen LogP contribution in [0.2, 0.25) is 0 Å². The summed E-state index contributed by atoms with van der Waals surface area (Å²) in [5.74, 6) is 0.656. The summed E-state index contributed by atoms with van der Waals surface area (Å²) in [5, 5.41) is 0. The Bertz CT molecular complexity index is 936. The van der Waals surface area contributed by atoms with Crippen molar-refractivity contribution < 1.29 is 14.4 Å². The molecule has 0 N–H and O–H groups in total. The Kier molecular flexibility index (Phi) is 13.6. The number of pyridine rings is 1. The molecular formula is C28H41N3O3. The number of hydrogen-bond donors (Lipinski definition) is 0. The molecule has 2 rings (SSSR count). The van der Waals surface area contributed by atoms with E-state index in [0.717, 1.165) is 61.8 Å². The SMILES string of the molecule is CC(=O)CCC/C(C)=C/n1cncc1C(C)=O.CCCC(CCC)C(=O)c1ccc(CC)nc1. The highest BCUT2D eigenvalue weighted by Crippen LogP contribution is 2.19. The third-order valence-corrected chi connectivity index (χ3v) is 5.60. The van der Waals surface area contributed by atoms with E-state index in [1.165, 1.54) is 6.92 Å². The molecule has 34 heavy (non-hydrogen) atoms. The van der Waals surface area contributed by atoms with Crippen LogP contribution < -0.4 is 0 Å². The van der Waals surface area contributed by atoms with Gasteiger partial charge < -0.3 is 9.36 Å². The molecule has 0 aliphatic carbocycles. The topological polar surface area (TPSA) is 81.9 Å². The third kappa shape index (κ3) is 10.4. The fourth-order valence-corrected chi connectivity index (χ4v) is 3.72. The molecule has 0 saturated heterocycles. The lowest BCUT2D eigenvalue weighted by atomic mass is 9.90. The van der Waals surface area contributed by atoms with Gasteiger partial charge in [0.2, 0.25) is 0 Å². The molecule has 0 spiro atoms. The fraction of sp³-hybridized carbons (Fsp3) is 0.536. The number of imidazole rings is 1. The van der Waals surface area contributed by atoms with E-state index in [-0.39, 0.29) is 23.3 Å². The van der Waals surface area contributed by atoms with Gasteiger partial charge in [-0.2, -0.15) is 0 Å². The van der Waals surface area contributed by atoms with Crippen molar-refractivity contribution in [3.05, 3.63) is 53.4 Å². The number of allylic oxidation sites excluding steroid dienone is 1. The maximum Gasteiger partial charge on any atom is 0.178 e. The molecule has 0 aromatic carbocycles. The van der Waals surface area contributed by atoms with Crippen molar-refractivity contribution in [3.8, 4) is 0 Å². The van der Waals surface area contributed by atoms with Crippen molar-refractivity contribution in [3.63, 3.8) is 0 Å². The molecule has 0 atom stereocenters. The smallest absolute Gasteiger partial charge is 0.178 e. The zero-order valence-corrected chi connectivity index (χ0v) is 21.8. The Morgan fingerprint density at radius 1 is 0.971 bits per heavy atom. The zero-order valence-electron chi connectivity index (χ0n) is 21.8. The van der Waals surface area contributed by atoms with Crippen LogP contribution in [0.4, 0.5) is 0 Å². The first-order valence-electron chi connectivity index (χ1n) is 12.4. The highest BCUT2D eigenvalue weighted by Gasteiger charge is 2.18. The monoisotopic (exact) mass is 467 g/mol. The van der Waals surface area contributed by atoms with Gasteiger partial charge in [0.1, 0.15) is 11.5 Å². The van der Waals surface area contributed by atoms with Crippen LogP contribution in [-0.2, 0) is 11.2 Å². The normalized spacial score (nSPS) is 11.2. The Morgan fingerprint density at radius 2 is 1.65 bits per heavy atom. The molecule has 0 bridgehead atoms. The number of rotatable bonds is 13. The standard InChI is InChI=1S/C15H23NO.C13H18N2O2/c1-4-7-12(8-5-2)15(17)13-9-10-14(6-3)16-11-13;1-10(5-4-6-11(2)16)8-15-9-14-7-13(15)12(3)17/h9-12H,4-8H2,1-3H3;7-9H,4-6H2,1-3H3/b;10-8+. The lowest BCUT2D eigenvalue weighted by Crippen LogP contribution is -2.15. The molecule has 6 nitrogen and oxygen atoms in total. The fourth-order valence-electron chi connectivity index (χ4n) is 3.72. The van der Waals surface area contributed by atoms with Crippen molar-refractivity contribution in [2.75, 3.05) is 0 Å². The molecule has 6 heteroatoms. The van der Waals surface area contributed by atoms with Crippen molar-refractivity contribution in [2.24, 2.45) is 5.92 Å². The molecule has 2 aromatic heterocycles. The lowest BCUT2D eigenvalue weighted by Gasteiger charge is -2.13.